The largest absolute Gasteiger partial charge is 0.508 e. The second-order valence-electron chi connectivity index (χ2n) is 6.52. The molecule has 6 heteroatoms. The van der Waals surface area contributed by atoms with Crippen LogP contribution < -0.4 is 10.2 Å². The molecule has 132 valence electrons. The number of aromatic hydroxyl groups is 1. The van der Waals surface area contributed by atoms with Crippen molar-refractivity contribution in [3.8, 4) is 5.75 Å². The maximum Gasteiger partial charge on any atom is 0.227 e. The maximum atomic E-state index is 12.5. The molecule has 6 nitrogen and oxygen atoms in total. The SMILES string of the molecule is O=C(Nc1cccc(O)c1)C1CCN(c2ncnc3ccccc23)CC1. The first kappa shape index (κ1) is 16.3. The van der Waals surface area contributed by atoms with Crippen LogP contribution in [0.25, 0.3) is 10.9 Å². The van der Waals surface area contributed by atoms with Gasteiger partial charge < -0.3 is 15.3 Å². The van der Waals surface area contributed by atoms with Crippen molar-refractivity contribution in [2.75, 3.05) is 23.3 Å². The molecule has 1 amide bonds. The molecule has 2 N–H and O–H groups in total. The van der Waals surface area contributed by atoms with E-state index >= 15 is 0 Å². The Labute approximate surface area is 151 Å². The van der Waals surface area contributed by atoms with E-state index < -0.39 is 0 Å². The van der Waals surface area contributed by atoms with E-state index in [0.717, 1.165) is 42.7 Å². The number of carbonyl (C=O) groups excluding carboxylic acids is 1. The number of fused-ring (bicyclic) bond motifs is 1. The van der Waals surface area contributed by atoms with E-state index in [-0.39, 0.29) is 17.6 Å². The number of piperidine rings is 1. The van der Waals surface area contributed by atoms with Crippen molar-refractivity contribution in [2.24, 2.45) is 5.92 Å². The summed E-state index contributed by atoms with van der Waals surface area (Å²) < 4.78 is 0. The van der Waals surface area contributed by atoms with Crippen LogP contribution in [0.2, 0.25) is 0 Å². The number of phenolic OH excluding ortho intramolecular Hbond substituents is 1. The second kappa shape index (κ2) is 7.00. The number of aromatic nitrogens is 2. The molecule has 4 rings (SSSR count). The Morgan fingerprint density at radius 2 is 1.88 bits per heavy atom. The van der Waals surface area contributed by atoms with Gasteiger partial charge in [0.15, 0.2) is 0 Å². The Bertz CT molecular complexity index is 931. The van der Waals surface area contributed by atoms with Gasteiger partial charge in [0.2, 0.25) is 5.91 Å². The van der Waals surface area contributed by atoms with Crippen LogP contribution in [0, 0.1) is 5.92 Å². The zero-order valence-corrected chi connectivity index (χ0v) is 14.3. The van der Waals surface area contributed by atoms with Crippen LogP contribution in [0.1, 0.15) is 12.8 Å². The van der Waals surface area contributed by atoms with Crippen LogP contribution in [-0.4, -0.2) is 34.1 Å². The highest BCUT2D eigenvalue weighted by atomic mass is 16.3. The fourth-order valence-corrected chi connectivity index (χ4v) is 3.42. The van der Waals surface area contributed by atoms with Crippen LogP contribution >= 0.6 is 0 Å². The lowest BCUT2D eigenvalue weighted by atomic mass is 9.95. The van der Waals surface area contributed by atoms with E-state index in [1.54, 1.807) is 30.6 Å². The van der Waals surface area contributed by atoms with Crippen LogP contribution in [-0.2, 0) is 4.79 Å². The minimum absolute atomic E-state index is 0.00259. The zero-order chi connectivity index (χ0) is 17.9. The summed E-state index contributed by atoms with van der Waals surface area (Å²) in [6, 6.07) is 14.6. The average molecular weight is 348 g/mol. The number of hydrogen-bond acceptors (Lipinski definition) is 5. The van der Waals surface area contributed by atoms with Crippen LogP contribution in [0.4, 0.5) is 11.5 Å². The van der Waals surface area contributed by atoms with Gasteiger partial charge in [0.25, 0.3) is 0 Å². The van der Waals surface area contributed by atoms with Gasteiger partial charge in [0.05, 0.1) is 5.52 Å². The van der Waals surface area contributed by atoms with Crippen LogP contribution in [0.5, 0.6) is 5.75 Å². The Hall–Kier alpha value is -3.15. The summed E-state index contributed by atoms with van der Waals surface area (Å²) in [6.45, 7) is 1.55. The topological polar surface area (TPSA) is 78.4 Å². The second-order valence-corrected chi connectivity index (χ2v) is 6.52. The third-order valence-corrected chi connectivity index (χ3v) is 4.80. The molecule has 26 heavy (non-hydrogen) atoms. The molecule has 3 aromatic rings. The molecule has 1 fully saturated rings. The van der Waals surface area contributed by atoms with E-state index in [1.165, 1.54) is 0 Å². The number of nitrogens with one attached hydrogen (secondary N) is 1. The first-order chi connectivity index (χ1) is 12.7. The number of benzene rings is 2. The Kier molecular flexibility index (Phi) is 4.39. The van der Waals surface area contributed by atoms with Crippen molar-refractivity contribution in [3.63, 3.8) is 0 Å². The number of phenols is 1. The molecule has 2 aromatic carbocycles. The fraction of sp³-hybridized carbons (Fsp3) is 0.250. The monoisotopic (exact) mass is 348 g/mol. The summed E-state index contributed by atoms with van der Waals surface area (Å²) in [5.41, 5.74) is 1.56. The Morgan fingerprint density at radius 3 is 2.69 bits per heavy atom. The third-order valence-electron chi connectivity index (χ3n) is 4.80. The van der Waals surface area contributed by atoms with Gasteiger partial charge in [0, 0.05) is 36.1 Å². The van der Waals surface area contributed by atoms with E-state index in [1.807, 2.05) is 24.3 Å². The molecule has 0 atom stereocenters. The van der Waals surface area contributed by atoms with Crippen molar-refractivity contribution >= 4 is 28.3 Å². The number of anilines is 2. The minimum Gasteiger partial charge on any atom is -0.508 e. The molecular formula is C20H20N4O2. The van der Waals surface area contributed by atoms with Gasteiger partial charge >= 0.3 is 0 Å². The van der Waals surface area contributed by atoms with Crippen molar-refractivity contribution in [1.29, 1.82) is 0 Å². The standard InChI is InChI=1S/C20H20N4O2/c25-16-5-3-4-15(12-16)23-20(26)14-8-10-24(11-9-14)19-17-6-1-2-7-18(17)21-13-22-19/h1-7,12-14,25H,8-11H2,(H,23,26). The normalized spacial score (nSPS) is 15.2. The summed E-state index contributed by atoms with van der Waals surface area (Å²) >= 11 is 0. The fourth-order valence-electron chi connectivity index (χ4n) is 3.42. The minimum atomic E-state index is -0.0401. The van der Waals surface area contributed by atoms with E-state index in [2.05, 4.69) is 20.2 Å². The molecular weight excluding hydrogens is 328 g/mol. The molecule has 1 aliphatic heterocycles. The van der Waals surface area contributed by atoms with E-state index in [0.29, 0.717) is 5.69 Å². The molecule has 2 heterocycles. The summed E-state index contributed by atoms with van der Waals surface area (Å²) in [5.74, 6) is 1.04. The Balaban J connectivity index is 1.43. The van der Waals surface area contributed by atoms with Crippen molar-refractivity contribution < 1.29 is 9.90 Å². The lowest BCUT2D eigenvalue weighted by molar-refractivity contribution is -0.120. The highest BCUT2D eigenvalue weighted by molar-refractivity contribution is 5.93. The Morgan fingerprint density at radius 1 is 1.08 bits per heavy atom. The molecule has 0 bridgehead atoms. The average Bonchev–Trinajstić information content (AvgIpc) is 2.68. The van der Waals surface area contributed by atoms with Crippen molar-refractivity contribution in [3.05, 3.63) is 54.9 Å². The van der Waals surface area contributed by atoms with Gasteiger partial charge in [-0.15, -0.1) is 0 Å². The molecule has 1 aliphatic rings. The van der Waals surface area contributed by atoms with Gasteiger partial charge in [-0.25, -0.2) is 9.97 Å². The smallest absolute Gasteiger partial charge is 0.227 e. The molecule has 0 saturated carbocycles. The number of amides is 1. The summed E-state index contributed by atoms with van der Waals surface area (Å²) in [6.07, 6.45) is 3.13. The summed E-state index contributed by atoms with van der Waals surface area (Å²) in [7, 11) is 0. The lowest BCUT2D eigenvalue weighted by Gasteiger charge is -2.32. The van der Waals surface area contributed by atoms with Crippen molar-refractivity contribution in [1.82, 2.24) is 9.97 Å². The first-order valence-electron chi connectivity index (χ1n) is 8.75. The summed E-state index contributed by atoms with van der Waals surface area (Å²) in [5, 5.41) is 13.4. The quantitative estimate of drug-likeness (QED) is 0.760. The third kappa shape index (κ3) is 3.31. The zero-order valence-electron chi connectivity index (χ0n) is 14.3. The van der Waals surface area contributed by atoms with Gasteiger partial charge in [-0.1, -0.05) is 18.2 Å². The first-order valence-corrected chi connectivity index (χ1v) is 8.75. The van der Waals surface area contributed by atoms with Gasteiger partial charge in [-0.3, -0.25) is 4.79 Å². The molecule has 0 spiro atoms. The van der Waals surface area contributed by atoms with Crippen LogP contribution in [0.15, 0.2) is 54.9 Å². The highest BCUT2D eigenvalue weighted by Gasteiger charge is 2.26. The predicted octanol–water partition coefficient (Wildman–Crippen LogP) is 3.19. The predicted molar refractivity (Wildman–Crippen MR) is 101 cm³/mol. The molecule has 1 aromatic heterocycles. The van der Waals surface area contributed by atoms with E-state index in [9.17, 15) is 9.90 Å². The summed E-state index contributed by atoms with van der Waals surface area (Å²) in [4.78, 5) is 23.5. The number of hydrogen-bond donors (Lipinski definition) is 2. The highest BCUT2D eigenvalue weighted by Crippen LogP contribution is 2.28. The number of rotatable bonds is 3. The lowest BCUT2D eigenvalue weighted by Crippen LogP contribution is -2.38. The number of carbonyl (C=O) groups is 1. The molecule has 1 saturated heterocycles. The molecule has 0 radical (unpaired) electrons. The van der Waals surface area contributed by atoms with Crippen molar-refractivity contribution in [2.45, 2.75) is 12.8 Å². The molecule has 0 unspecified atom stereocenters. The van der Waals surface area contributed by atoms with Gasteiger partial charge in [-0.2, -0.15) is 0 Å². The number of para-hydroxylation sites is 1. The van der Waals surface area contributed by atoms with Gasteiger partial charge in [0.1, 0.15) is 17.9 Å². The number of nitrogens with zero attached hydrogens (tertiary/aromatic N) is 3. The van der Waals surface area contributed by atoms with Crippen LogP contribution in [0.3, 0.4) is 0 Å². The molecule has 0 aliphatic carbocycles. The maximum absolute atomic E-state index is 12.5. The van der Waals surface area contributed by atoms with Gasteiger partial charge in [-0.05, 0) is 37.1 Å². The van der Waals surface area contributed by atoms with E-state index in [4.69, 9.17) is 0 Å².